The highest BCUT2D eigenvalue weighted by Crippen LogP contribution is 2.15. The molecule has 2 rings (SSSR count). The van der Waals surface area contributed by atoms with Crippen molar-refractivity contribution >= 4 is 0 Å². The predicted molar refractivity (Wildman–Crippen MR) is 73.8 cm³/mol. The van der Waals surface area contributed by atoms with Gasteiger partial charge in [-0.25, -0.2) is 0 Å². The van der Waals surface area contributed by atoms with Gasteiger partial charge in [-0.2, -0.15) is 0 Å². The van der Waals surface area contributed by atoms with E-state index in [0.29, 0.717) is 0 Å². The molecule has 94 valence electrons. The lowest BCUT2D eigenvalue weighted by Crippen LogP contribution is -1.85. The zero-order valence-electron chi connectivity index (χ0n) is 11.1. The first-order chi connectivity index (χ1) is 8.00. The Morgan fingerprint density at radius 2 is 0.562 bits per heavy atom. The second-order valence-corrected chi connectivity index (χ2v) is 5.29. The number of rotatable bonds is 0. The maximum Gasteiger partial charge on any atom is -0.0351 e. The zero-order valence-corrected chi connectivity index (χ0v) is 11.1. The molecular weight excluding hydrogens is 192 g/mol. The van der Waals surface area contributed by atoms with Crippen molar-refractivity contribution in [2.24, 2.45) is 0 Å². The Hall–Kier alpha value is -0.260. The molecule has 0 spiro atoms. The molecule has 0 heteroatoms. The van der Waals surface area contributed by atoms with Crippen molar-refractivity contribution in [2.75, 3.05) is 0 Å². The Morgan fingerprint density at radius 1 is 0.312 bits per heavy atom. The van der Waals surface area contributed by atoms with Crippen LogP contribution in [0.1, 0.15) is 89.9 Å². The molecule has 0 aromatic rings. The van der Waals surface area contributed by atoms with Crippen LogP contribution in [0, 0.1) is 0 Å². The molecule has 0 bridgehead atoms. The highest BCUT2D eigenvalue weighted by atomic mass is 14.0. The molecule has 2 aliphatic rings. The van der Waals surface area contributed by atoms with Gasteiger partial charge in [-0.3, -0.25) is 0 Å². The van der Waals surface area contributed by atoms with Crippen molar-refractivity contribution in [3.8, 4) is 0 Å². The largest absolute Gasteiger partial charge is 0.0885 e. The van der Waals surface area contributed by atoms with E-state index in [0.717, 1.165) is 0 Å². The van der Waals surface area contributed by atoms with Crippen LogP contribution < -0.4 is 0 Å². The van der Waals surface area contributed by atoms with Crippen LogP contribution in [0.4, 0.5) is 0 Å². The van der Waals surface area contributed by atoms with Crippen molar-refractivity contribution < 1.29 is 0 Å². The van der Waals surface area contributed by atoms with E-state index >= 15 is 0 Å². The fourth-order valence-corrected chi connectivity index (χ4v) is 2.53. The van der Waals surface area contributed by atoms with E-state index in [9.17, 15) is 0 Å². The Kier molecular flexibility index (Phi) is 9.69. The molecule has 0 radical (unpaired) electrons. The van der Waals surface area contributed by atoms with Crippen LogP contribution in [-0.2, 0) is 0 Å². The smallest absolute Gasteiger partial charge is 0.0351 e. The molecule has 16 heavy (non-hydrogen) atoms. The van der Waals surface area contributed by atoms with Crippen molar-refractivity contribution in [1.82, 2.24) is 0 Å². The minimum atomic E-state index is 1.32. The maximum atomic E-state index is 2.32. The average molecular weight is 222 g/mol. The maximum absolute atomic E-state index is 2.32. The lowest BCUT2D eigenvalue weighted by atomic mass is 10.0. The molecule has 0 saturated heterocycles. The van der Waals surface area contributed by atoms with Crippen LogP contribution >= 0.6 is 0 Å². The van der Waals surface area contributed by atoms with Gasteiger partial charge in [0.15, 0.2) is 0 Å². The lowest BCUT2D eigenvalue weighted by Gasteiger charge is -2.05. The Balaban J connectivity index is 0.000000160. The van der Waals surface area contributed by atoms with Crippen molar-refractivity contribution in [1.29, 1.82) is 0 Å². The second-order valence-electron chi connectivity index (χ2n) is 5.29. The average Bonchev–Trinajstić information content (AvgIpc) is 2.15. The van der Waals surface area contributed by atoms with Gasteiger partial charge in [0.05, 0.1) is 0 Å². The third-order valence-corrected chi connectivity index (χ3v) is 3.66. The van der Waals surface area contributed by atoms with Crippen molar-refractivity contribution in [3.05, 3.63) is 12.2 Å². The predicted octanol–water partition coefficient (Wildman–Crippen LogP) is 6.02. The first-order valence-electron chi connectivity index (χ1n) is 7.65. The highest BCUT2D eigenvalue weighted by Gasteiger charge is 1.95. The number of hydrogen-bond acceptors (Lipinski definition) is 0. The zero-order chi connectivity index (χ0) is 11.3. The van der Waals surface area contributed by atoms with E-state index in [2.05, 4.69) is 12.2 Å². The van der Waals surface area contributed by atoms with Gasteiger partial charge >= 0.3 is 0 Å². The van der Waals surface area contributed by atoms with Gasteiger partial charge in [0.2, 0.25) is 0 Å². The molecule has 0 aliphatic heterocycles. The van der Waals surface area contributed by atoms with E-state index in [1.807, 2.05) is 0 Å². The topological polar surface area (TPSA) is 0 Å². The summed E-state index contributed by atoms with van der Waals surface area (Å²) in [4.78, 5) is 0. The van der Waals surface area contributed by atoms with Crippen molar-refractivity contribution in [3.63, 3.8) is 0 Å². The SMILES string of the molecule is C1=CCCCCCC1.C1CCCCCCC1. The molecule has 1 fully saturated rings. The quantitative estimate of drug-likeness (QED) is 0.440. The standard InChI is InChI=1S/C8H16.C8H14/c2*1-2-4-6-8-7-5-3-1/h1-8H2;1-2H,3-8H2. The highest BCUT2D eigenvalue weighted by molar-refractivity contribution is 4.82. The molecule has 0 unspecified atom stereocenters. The van der Waals surface area contributed by atoms with Crippen LogP contribution in [0.2, 0.25) is 0 Å². The second kappa shape index (κ2) is 11.2. The van der Waals surface area contributed by atoms with Gasteiger partial charge < -0.3 is 0 Å². The Morgan fingerprint density at radius 3 is 0.875 bits per heavy atom. The van der Waals surface area contributed by atoms with E-state index in [1.165, 1.54) is 89.9 Å². The molecule has 0 heterocycles. The lowest BCUT2D eigenvalue weighted by molar-refractivity contribution is 0.504. The molecule has 2 aliphatic carbocycles. The summed E-state index contributed by atoms with van der Waals surface area (Å²) >= 11 is 0. The summed E-state index contributed by atoms with van der Waals surface area (Å²) in [6.45, 7) is 0. The first kappa shape index (κ1) is 13.8. The summed E-state index contributed by atoms with van der Waals surface area (Å²) in [7, 11) is 0. The Bertz CT molecular complexity index is 123. The first-order valence-corrected chi connectivity index (χ1v) is 7.65. The van der Waals surface area contributed by atoms with Gasteiger partial charge in [-0.05, 0) is 25.7 Å². The van der Waals surface area contributed by atoms with Crippen LogP contribution in [0.25, 0.3) is 0 Å². The van der Waals surface area contributed by atoms with Gasteiger partial charge in [0, 0.05) is 0 Å². The van der Waals surface area contributed by atoms with Gasteiger partial charge in [0.1, 0.15) is 0 Å². The van der Waals surface area contributed by atoms with Gasteiger partial charge in [-0.15, -0.1) is 0 Å². The van der Waals surface area contributed by atoms with E-state index in [-0.39, 0.29) is 0 Å². The van der Waals surface area contributed by atoms with E-state index < -0.39 is 0 Å². The van der Waals surface area contributed by atoms with Crippen LogP contribution in [0.5, 0.6) is 0 Å². The van der Waals surface area contributed by atoms with Gasteiger partial charge in [0.25, 0.3) is 0 Å². The molecule has 0 amide bonds. The molecular formula is C16H30. The molecule has 0 nitrogen and oxygen atoms in total. The normalized spacial score (nSPS) is 23.0. The summed E-state index contributed by atoms with van der Waals surface area (Å²) in [5, 5.41) is 0. The van der Waals surface area contributed by atoms with Crippen LogP contribution in [0.3, 0.4) is 0 Å². The Labute approximate surface area is 103 Å². The van der Waals surface area contributed by atoms with Crippen LogP contribution in [-0.4, -0.2) is 0 Å². The fraction of sp³-hybridized carbons (Fsp3) is 0.875. The van der Waals surface area contributed by atoms with E-state index in [1.54, 1.807) is 0 Å². The van der Waals surface area contributed by atoms with Crippen LogP contribution in [0.15, 0.2) is 12.2 Å². The van der Waals surface area contributed by atoms with E-state index in [4.69, 9.17) is 0 Å². The molecule has 1 saturated carbocycles. The molecule has 0 N–H and O–H groups in total. The van der Waals surface area contributed by atoms with Gasteiger partial charge in [-0.1, -0.05) is 76.4 Å². The molecule has 0 atom stereocenters. The third-order valence-electron chi connectivity index (χ3n) is 3.66. The minimum absolute atomic E-state index is 1.32. The summed E-state index contributed by atoms with van der Waals surface area (Å²) in [5.74, 6) is 0. The fourth-order valence-electron chi connectivity index (χ4n) is 2.53. The number of allylic oxidation sites excluding steroid dienone is 2. The van der Waals surface area contributed by atoms with Crippen molar-refractivity contribution in [2.45, 2.75) is 89.9 Å². The summed E-state index contributed by atoms with van der Waals surface area (Å²) < 4.78 is 0. The third kappa shape index (κ3) is 9.00. The summed E-state index contributed by atoms with van der Waals surface area (Å²) in [6, 6.07) is 0. The minimum Gasteiger partial charge on any atom is -0.0885 e. The summed E-state index contributed by atoms with van der Waals surface area (Å²) in [5.41, 5.74) is 0. The summed E-state index contributed by atoms with van der Waals surface area (Å²) in [6.07, 6.45) is 25.0. The molecule has 0 aromatic heterocycles. The number of hydrogen-bond donors (Lipinski definition) is 0. The molecule has 0 aromatic carbocycles. The monoisotopic (exact) mass is 222 g/mol.